The first-order valence-corrected chi connectivity index (χ1v) is 10.0. The Hall–Kier alpha value is -2.54. The van der Waals surface area contributed by atoms with Crippen LogP contribution in [-0.4, -0.2) is 20.9 Å². The standard InChI is InChI=1S/C20H22N4O2S/c1-11-8-9-14-16(10-11)27-19-17(14)20(26)24(23-22-19)13(3)18(25)21-15-7-5-4-6-12(15)2/h4-7,11,13H,8-10H2,1-3H3,(H,21,25)/t11-,13-/m0/s1. The number of hydrogen-bond acceptors (Lipinski definition) is 5. The number of hydrogen-bond donors (Lipinski definition) is 1. The third-order valence-electron chi connectivity index (χ3n) is 5.30. The lowest BCUT2D eigenvalue weighted by molar-refractivity contribution is -0.119. The largest absolute Gasteiger partial charge is 0.324 e. The van der Waals surface area contributed by atoms with E-state index in [2.05, 4.69) is 22.6 Å². The second-order valence-corrected chi connectivity index (χ2v) is 8.43. The minimum Gasteiger partial charge on any atom is -0.324 e. The van der Waals surface area contributed by atoms with Gasteiger partial charge in [0.15, 0.2) is 4.83 Å². The first-order valence-electron chi connectivity index (χ1n) is 9.22. The molecule has 0 fully saturated rings. The van der Waals surface area contributed by atoms with Crippen molar-refractivity contribution in [2.45, 2.75) is 46.1 Å². The van der Waals surface area contributed by atoms with Gasteiger partial charge in [0.25, 0.3) is 5.56 Å². The van der Waals surface area contributed by atoms with Crippen LogP contribution < -0.4 is 10.9 Å². The number of rotatable bonds is 3. The quantitative estimate of drug-likeness (QED) is 0.752. The number of fused-ring (bicyclic) bond motifs is 3. The molecule has 3 aromatic rings. The van der Waals surface area contributed by atoms with E-state index >= 15 is 0 Å². The molecule has 2 atom stereocenters. The van der Waals surface area contributed by atoms with Crippen LogP contribution in [-0.2, 0) is 17.6 Å². The van der Waals surface area contributed by atoms with Crippen molar-refractivity contribution in [2.24, 2.45) is 5.92 Å². The molecule has 7 heteroatoms. The van der Waals surface area contributed by atoms with Crippen LogP contribution in [0, 0.1) is 12.8 Å². The highest BCUT2D eigenvalue weighted by Gasteiger charge is 2.26. The molecule has 0 spiro atoms. The molecular formula is C20H22N4O2S. The molecule has 1 amide bonds. The number of thiophene rings is 1. The third kappa shape index (κ3) is 3.16. The number of carbonyl (C=O) groups is 1. The molecule has 2 aromatic heterocycles. The molecule has 0 saturated heterocycles. The van der Waals surface area contributed by atoms with Gasteiger partial charge in [0.1, 0.15) is 6.04 Å². The van der Waals surface area contributed by atoms with Gasteiger partial charge in [-0.25, -0.2) is 0 Å². The molecule has 4 rings (SSSR count). The van der Waals surface area contributed by atoms with Crippen molar-refractivity contribution in [3.63, 3.8) is 0 Å². The summed E-state index contributed by atoms with van der Waals surface area (Å²) in [5.74, 6) is 0.345. The summed E-state index contributed by atoms with van der Waals surface area (Å²) in [5, 5.41) is 11.8. The summed E-state index contributed by atoms with van der Waals surface area (Å²) in [7, 11) is 0. The van der Waals surface area contributed by atoms with Crippen LogP contribution in [0.3, 0.4) is 0 Å². The number of benzene rings is 1. The lowest BCUT2D eigenvalue weighted by Gasteiger charge is -2.18. The number of para-hydroxylation sites is 1. The molecule has 1 N–H and O–H groups in total. The van der Waals surface area contributed by atoms with Crippen LogP contribution in [0.15, 0.2) is 29.1 Å². The van der Waals surface area contributed by atoms with E-state index in [9.17, 15) is 9.59 Å². The Morgan fingerprint density at radius 3 is 2.93 bits per heavy atom. The molecule has 1 aromatic carbocycles. The molecular weight excluding hydrogens is 360 g/mol. The lowest BCUT2D eigenvalue weighted by atomic mass is 9.89. The van der Waals surface area contributed by atoms with Crippen molar-refractivity contribution in [2.75, 3.05) is 5.32 Å². The van der Waals surface area contributed by atoms with Crippen LogP contribution in [0.4, 0.5) is 5.69 Å². The van der Waals surface area contributed by atoms with Crippen LogP contribution in [0.5, 0.6) is 0 Å². The van der Waals surface area contributed by atoms with Crippen LogP contribution in [0.2, 0.25) is 0 Å². The predicted molar refractivity (Wildman–Crippen MR) is 107 cm³/mol. The van der Waals surface area contributed by atoms with E-state index in [1.54, 1.807) is 18.3 Å². The summed E-state index contributed by atoms with van der Waals surface area (Å²) in [5.41, 5.74) is 2.58. The average molecular weight is 382 g/mol. The maximum absolute atomic E-state index is 13.1. The van der Waals surface area contributed by atoms with Gasteiger partial charge in [0.05, 0.1) is 5.39 Å². The number of aryl methyl sites for hydroxylation is 2. The fourth-order valence-corrected chi connectivity index (χ4v) is 4.90. The van der Waals surface area contributed by atoms with Gasteiger partial charge in [-0.05, 0) is 56.2 Å². The summed E-state index contributed by atoms with van der Waals surface area (Å²) in [6.45, 7) is 5.84. The van der Waals surface area contributed by atoms with Crippen molar-refractivity contribution < 1.29 is 4.79 Å². The summed E-state index contributed by atoms with van der Waals surface area (Å²) in [6, 6.07) is 6.81. The molecule has 27 heavy (non-hydrogen) atoms. The van der Waals surface area contributed by atoms with Gasteiger partial charge < -0.3 is 5.32 Å². The third-order valence-corrected chi connectivity index (χ3v) is 6.43. The van der Waals surface area contributed by atoms with Crippen molar-refractivity contribution in [1.29, 1.82) is 0 Å². The SMILES string of the molecule is Cc1ccccc1NC(=O)[C@H](C)n1nnc2sc3c(c2c1=O)CC[C@H](C)C3. The molecule has 0 unspecified atom stereocenters. The predicted octanol–water partition coefficient (Wildman–Crippen LogP) is 3.49. The van der Waals surface area contributed by atoms with Crippen molar-refractivity contribution in [1.82, 2.24) is 15.0 Å². The highest BCUT2D eigenvalue weighted by molar-refractivity contribution is 7.18. The molecule has 1 aliphatic carbocycles. The van der Waals surface area contributed by atoms with Gasteiger partial charge in [0, 0.05) is 10.6 Å². The topological polar surface area (TPSA) is 76.9 Å². The zero-order valence-corrected chi connectivity index (χ0v) is 16.5. The van der Waals surface area contributed by atoms with Crippen LogP contribution in [0.25, 0.3) is 10.2 Å². The average Bonchev–Trinajstić information content (AvgIpc) is 3.01. The Bertz CT molecular complexity index is 1090. The summed E-state index contributed by atoms with van der Waals surface area (Å²) in [6.07, 6.45) is 2.95. The minimum absolute atomic E-state index is 0.223. The Balaban J connectivity index is 1.69. The van der Waals surface area contributed by atoms with Crippen LogP contribution in [0.1, 0.15) is 42.3 Å². The Labute approximate surface area is 161 Å². The Morgan fingerprint density at radius 2 is 2.15 bits per heavy atom. The van der Waals surface area contributed by atoms with E-state index in [1.807, 2.05) is 31.2 Å². The van der Waals surface area contributed by atoms with Crippen molar-refractivity contribution in [3.8, 4) is 0 Å². The number of aromatic nitrogens is 3. The highest BCUT2D eigenvalue weighted by Crippen LogP contribution is 2.35. The van der Waals surface area contributed by atoms with E-state index in [0.29, 0.717) is 16.1 Å². The fourth-order valence-electron chi connectivity index (χ4n) is 3.59. The second-order valence-electron chi connectivity index (χ2n) is 7.35. The Morgan fingerprint density at radius 1 is 1.37 bits per heavy atom. The maximum atomic E-state index is 13.1. The van der Waals surface area contributed by atoms with Crippen LogP contribution >= 0.6 is 11.3 Å². The number of anilines is 1. The number of nitrogens with one attached hydrogen (secondary N) is 1. The van der Waals surface area contributed by atoms with E-state index in [-0.39, 0.29) is 11.5 Å². The van der Waals surface area contributed by atoms with E-state index in [0.717, 1.165) is 36.1 Å². The lowest BCUT2D eigenvalue weighted by Crippen LogP contribution is -2.34. The number of nitrogens with zero attached hydrogens (tertiary/aromatic N) is 3. The normalized spacial score (nSPS) is 17.5. The molecule has 1 aliphatic rings. The van der Waals surface area contributed by atoms with Gasteiger partial charge >= 0.3 is 0 Å². The van der Waals surface area contributed by atoms with Crippen molar-refractivity contribution in [3.05, 3.63) is 50.6 Å². The first-order chi connectivity index (χ1) is 13.0. The van der Waals surface area contributed by atoms with E-state index < -0.39 is 6.04 Å². The van der Waals surface area contributed by atoms with Gasteiger partial charge in [-0.3, -0.25) is 9.59 Å². The van der Waals surface area contributed by atoms with Gasteiger partial charge in [-0.15, -0.1) is 16.4 Å². The van der Waals surface area contributed by atoms with Gasteiger partial charge in [-0.1, -0.05) is 30.3 Å². The summed E-state index contributed by atoms with van der Waals surface area (Å²) >= 11 is 1.56. The molecule has 0 aliphatic heterocycles. The highest BCUT2D eigenvalue weighted by atomic mass is 32.1. The smallest absolute Gasteiger partial charge is 0.279 e. The Kier molecular flexibility index (Phi) is 4.55. The number of carbonyl (C=O) groups excluding carboxylic acids is 1. The molecule has 2 heterocycles. The minimum atomic E-state index is -0.743. The molecule has 0 saturated carbocycles. The van der Waals surface area contributed by atoms with E-state index in [4.69, 9.17) is 0 Å². The molecule has 0 radical (unpaired) electrons. The summed E-state index contributed by atoms with van der Waals surface area (Å²) < 4.78 is 1.21. The fraction of sp³-hybridized carbons (Fsp3) is 0.400. The van der Waals surface area contributed by atoms with Gasteiger partial charge in [-0.2, -0.15) is 4.68 Å². The number of amides is 1. The maximum Gasteiger partial charge on any atom is 0.279 e. The monoisotopic (exact) mass is 382 g/mol. The van der Waals surface area contributed by atoms with Crippen molar-refractivity contribution >= 4 is 33.1 Å². The second kappa shape index (κ2) is 6.88. The molecule has 6 nitrogen and oxygen atoms in total. The first kappa shape index (κ1) is 17.9. The van der Waals surface area contributed by atoms with Gasteiger partial charge in [0.2, 0.25) is 5.91 Å². The molecule has 0 bridgehead atoms. The zero-order valence-electron chi connectivity index (χ0n) is 15.7. The molecule has 140 valence electrons. The zero-order chi connectivity index (χ0) is 19.1. The summed E-state index contributed by atoms with van der Waals surface area (Å²) in [4.78, 5) is 27.7. The van der Waals surface area contributed by atoms with E-state index in [1.165, 1.54) is 9.56 Å².